The number of nitrogens with zero attached hydrogens (tertiary/aromatic N) is 4. The lowest BCUT2D eigenvalue weighted by atomic mass is 10.2. The maximum Gasteiger partial charge on any atom is 0.251 e. The predicted molar refractivity (Wildman–Crippen MR) is 107 cm³/mol. The van der Waals surface area contributed by atoms with E-state index in [1.807, 2.05) is 24.0 Å². The van der Waals surface area contributed by atoms with E-state index in [0.29, 0.717) is 38.7 Å². The molecule has 1 aromatic heterocycles. The van der Waals surface area contributed by atoms with Crippen LogP contribution in [0.2, 0.25) is 0 Å². The van der Waals surface area contributed by atoms with E-state index in [4.69, 9.17) is 14.5 Å². The van der Waals surface area contributed by atoms with Gasteiger partial charge in [0.15, 0.2) is 5.96 Å². The Hall–Kier alpha value is -2.35. The van der Waals surface area contributed by atoms with Gasteiger partial charge in [-0.2, -0.15) is 0 Å². The first-order chi connectivity index (χ1) is 13.7. The van der Waals surface area contributed by atoms with Crippen molar-refractivity contribution in [3.05, 3.63) is 23.9 Å². The van der Waals surface area contributed by atoms with Crippen molar-refractivity contribution in [2.45, 2.75) is 39.3 Å². The smallest absolute Gasteiger partial charge is 0.251 e. The Labute approximate surface area is 166 Å². The van der Waals surface area contributed by atoms with Gasteiger partial charge in [-0.25, -0.2) is 9.98 Å². The average molecular weight is 390 g/mol. The van der Waals surface area contributed by atoms with Crippen LogP contribution in [0.1, 0.15) is 32.3 Å². The number of guanidine groups is 1. The number of hydrogen-bond donors (Lipinski definition) is 1. The van der Waals surface area contributed by atoms with Gasteiger partial charge in [0.05, 0.1) is 13.2 Å². The summed E-state index contributed by atoms with van der Waals surface area (Å²) >= 11 is 0. The van der Waals surface area contributed by atoms with Gasteiger partial charge in [-0.3, -0.25) is 4.79 Å². The van der Waals surface area contributed by atoms with Gasteiger partial charge in [0.2, 0.25) is 5.88 Å². The SMILES string of the molecule is CCNC(=NCc1cccnc1OCC)N1CCN(C(=O)C2CCCO2)CC1. The molecule has 3 rings (SSSR count). The first kappa shape index (κ1) is 20.4. The summed E-state index contributed by atoms with van der Waals surface area (Å²) in [5.41, 5.74) is 0.965. The number of aliphatic imine (C=N–C) groups is 1. The van der Waals surface area contributed by atoms with Crippen LogP contribution in [0.3, 0.4) is 0 Å². The highest BCUT2D eigenvalue weighted by Crippen LogP contribution is 2.17. The van der Waals surface area contributed by atoms with Gasteiger partial charge in [-0.05, 0) is 32.8 Å². The van der Waals surface area contributed by atoms with Crippen LogP contribution in [-0.4, -0.2) is 78.7 Å². The van der Waals surface area contributed by atoms with E-state index < -0.39 is 0 Å². The Morgan fingerprint density at radius 1 is 1.32 bits per heavy atom. The largest absolute Gasteiger partial charge is 0.478 e. The van der Waals surface area contributed by atoms with Crippen molar-refractivity contribution in [2.75, 3.05) is 45.9 Å². The summed E-state index contributed by atoms with van der Waals surface area (Å²) in [6.45, 7) is 9.48. The van der Waals surface area contributed by atoms with Crippen molar-refractivity contribution in [3.63, 3.8) is 0 Å². The third-order valence-corrected chi connectivity index (χ3v) is 4.96. The molecule has 0 aromatic carbocycles. The number of carbonyl (C=O) groups excluding carboxylic acids is 1. The Morgan fingerprint density at radius 2 is 2.11 bits per heavy atom. The van der Waals surface area contributed by atoms with E-state index in [2.05, 4.69) is 22.1 Å². The summed E-state index contributed by atoms with van der Waals surface area (Å²) in [4.78, 5) is 25.7. The van der Waals surface area contributed by atoms with Gasteiger partial charge in [-0.15, -0.1) is 0 Å². The lowest BCUT2D eigenvalue weighted by molar-refractivity contribution is -0.142. The molecule has 1 amide bonds. The molecule has 3 heterocycles. The molecule has 0 bridgehead atoms. The van der Waals surface area contributed by atoms with E-state index in [1.165, 1.54) is 0 Å². The van der Waals surface area contributed by atoms with Crippen molar-refractivity contribution in [1.29, 1.82) is 0 Å². The monoisotopic (exact) mass is 389 g/mol. The van der Waals surface area contributed by atoms with Gasteiger partial charge < -0.3 is 24.6 Å². The highest BCUT2D eigenvalue weighted by Gasteiger charge is 2.30. The number of nitrogens with one attached hydrogen (secondary N) is 1. The molecule has 8 heteroatoms. The molecule has 2 fully saturated rings. The van der Waals surface area contributed by atoms with Crippen molar-refractivity contribution in [3.8, 4) is 5.88 Å². The number of hydrogen-bond acceptors (Lipinski definition) is 5. The average Bonchev–Trinajstić information content (AvgIpc) is 3.27. The summed E-state index contributed by atoms with van der Waals surface area (Å²) < 4.78 is 11.1. The molecule has 0 spiro atoms. The van der Waals surface area contributed by atoms with Crippen LogP contribution in [0.25, 0.3) is 0 Å². The van der Waals surface area contributed by atoms with E-state index in [9.17, 15) is 4.79 Å². The van der Waals surface area contributed by atoms with Crippen LogP contribution in [0.4, 0.5) is 0 Å². The van der Waals surface area contributed by atoms with Crippen LogP contribution in [-0.2, 0) is 16.1 Å². The number of ether oxygens (including phenoxy) is 2. The standard InChI is InChI=1S/C20H31N5O3/c1-3-21-20(23-15-16-7-5-9-22-18(16)27-4-2)25-12-10-24(11-13-25)19(26)17-8-6-14-28-17/h5,7,9,17H,3-4,6,8,10-15H2,1-2H3,(H,21,23). The number of piperazine rings is 1. The molecule has 2 aliphatic rings. The van der Waals surface area contributed by atoms with Gasteiger partial charge in [0.25, 0.3) is 5.91 Å². The fraction of sp³-hybridized carbons (Fsp3) is 0.650. The normalized spacial score (nSPS) is 20.4. The third-order valence-electron chi connectivity index (χ3n) is 4.96. The zero-order chi connectivity index (χ0) is 19.8. The number of amides is 1. The second kappa shape index (κ2) is 10.3. The minimum Gasteiger partial charge on any atom is -0.478 e. The summed E-state index contributed by atoms with van der Waals surface area (Å²) in [7, 11) is 0. The molecule has 1 N–H and O–H groups in total. The molecule has 154 valence electrons. The summed E-state index contributed by atoms with van der Waals surface area (Å²) in [5.74, 6) is 1.63. The number of aromatic nitrogens is 1. The molecule has 2 aliphatic heterocycles. The molecule has 0 aliphatic carbocycles. The molecule has 8 nitrogen and oxygen atoms in total. The van der Waals surface area contributed by atoms with Gasteiger partial charge in [0.1, 0.15) is 6.10 Å². The molecule has 1 unspecified atom stereocenters. The van der Waals surface area contributed by atoms with Gasteiger partial charge in [-0.1, -0.05) is 6.07 Å². The first-order valence-electron chi connectivity index (χ1n) is 10.2. The lowest BCUT2D eigenvalue weighted by Crippen LogP contribution is -2.55. The first-order valence-corrected chi connectivity index (χ1v) is 10.2. The Bertz CT molecular complexity index is 668. The molecule has 1 aromatic rings. The predicted octanol–water partition coefficient (Wildman–Crippen LogP) is 1.27. The minimum absolute atomic E-state index is 0.135. The molecule has 0 saturated carbocycles. The van der Waals surface area contributed by atoms with E-state index in [-0.39, 0.29) is 12.0 Å². The molecule has 1 atom stereocenters. The summed E-state index contributed by atoms with van der Waals surface area (Å²) in [5, 5.41) is 3.36. The summed E-state index contributed by atoms with van der Waals surface area (Å²) in [6, 6.07) is 3.89. The van der Waals surface area contributed by atoms with Crippen molar-refractivity contribution < 1.29 is 14.3 Å². The number of pyridine rings is 1. The van der Waals surface area contributed by atoms with Crippen LogP contribution >= 0.6 is 0 Å². The van der Waals surface area contributed by atoms with Gasteiger partial charge >= 0.3 is 0 Å². The zero-order valence-corrected chi connectivity index (χ0v) is 16.9. The van der Waals surface area contributed by atoms with Gasteiger partial charge in [0, 0.05) is 51.1 Å². The fourth-order valence-corrected chi connectivity index (χ4v) is 3.51. The molecule has 0 radical (unpaired) electrons. The quantitative estimate of drug-likeness (QED) is 0.583. The van der Waals surface area contributed by atoms with Crippen molar-refractivity contribution in [1.82, 2.24) is 20.1 Å². The maximum atomic E-state index is 12.5. The van der Waals surface area contributed by atoms with E-state index in [1.54, 1.807) is 6.20 Å². The Morgan fingerprint density at radius 3 is 2.79 bits per heavy atom. The molecule has 28 heavy (non-hydrogen) atoms. The van der Waals surface area contributed by atoms with Crippen molar-refractivity contribution >= 4 is 11.9 Å². The van der Waals surface area contributed by atoms with Crippen LogP contribution < -0.4 is 10.1 Å². The maximum absolute atomic E-state index is 12.5. The van der Waals surface area contributed by atoms with E-state index >= 15 is 0 Å². The molecule has 2 saturated heterocycles. The highest BCUT2D eigenvalue weighted by molar-refractivity contribution is 5.82. The van der Waals surface area contributed by atoms with Crippen LogP contribution in [0.5, 0.6) is 5.88 Å². The topological polar surface area (TPSA) is 79.3 Å². The minimum atomic E-state index is -0.240. The Balaban J connectivity index is 1.60. The van der Waals surface area contributed by atoms with E-state index in [0.717, 1.165) is 44.0 Å². The second-order valence-electron chi connectivity index (χ2n) is 6.88. The van der Waals surface area contributed by atoms with Crippen LogP contribution in [0.15, 0.2) is 23.3 Å². The Kier molecular flexibility index (Phi) is 7.47. The van der Waals surface area contributed by atoms with Crippen molar-refractivity contribution in [2.24, 2.45) is 4.99 Å². The number of carbonyl (C=O) groups is 1. The second-order valence-corrected chi connectivity index (χ2v) is 6.88. The van der Waals surface area contributed by atoms with Crippen LogP contribution in [0, 0.1) is 0 Å². The number of rotatable bonds is 6. The highest BCUT2D eigenvalue weighted by atomic mass is 16.5. The third kappa shape index (κ3) is 5.13. The molecular formula is C20H31N5O3. The summed E-state index contributed by atoms with van der Waals surface area (Å²) in [6.07, 6.45) is 3.31. The zero-order valence-electron chi connectivity index (χ0n) is 16.9. The fourth-order valence-electron chi connectivity index (χ4n) is 3.51. The molecular weight excluding hydrogens is 358 g/mol. The lowest BCUT2D eigenvalue weighted by Gasteiger charge is -2.37.